The highest BCUT2D eigenvalue weighted by Gasteiger charge is 2.37. The van der Waals surface area contributed by atoms with Gasteiger partial charge in [-0.05, 0) is 54.2 Å². The highest BCUT2D eigenvalue weighted by atomic mass is 35.5. The average molecular weight is 449 g/mol. The van der Waals surface area contributed by atoms with Gasteiger partial charge in [-0.15, -0.1) is 0 Å². The van der Waals surface area contributed by atoms with E-state index in [0.29, 0.717) is 30.8 Å². The Bertz CT molecular complexity index is 854. The molecule has 2 aromatic rings. The summed E-state index contributed by atoms with van der Waals surface area (Å²) in [7, 11) is 0. The second-order valence-electron chi connectivity index (χ2n) is 8.25. The van der Waals surface area contributed by atoms with Crippen LogP contribution in [0.2, 0.25) is 5.02 Å². The largest absolute Gasteiger partial charge is 0.491 e. The summed E-state index contributed by atoms with van der Waals surface area (Å²) in [5, 5.41) is 30.5. The number of halogens is 1. The monoisotopic (exact) mass is 448 g/mol. The van der Waals surface area contributed by atoms with E-state index in [4.69, 9.17) is 25.8 Å². The van der Waals surface area contributed by atoms with Crippen LogP contribution < -0.4 is 4.74 Å². The molecule has 4 atom stereocenters. The number of aliphatic hydroxyl groups excluding tert-OH is 3. The first-order valence-corrected chi connectivity index (χ1v) is 11.2. The predicted molar refractivity (Wildman–Crippen MR) is 116 cm³/mol. The Kier molecular flexibility index (Phi) is 7.48. The fourth-order valence-corrected chi connectivity index (χ4v) is 3.97. The Hall–Kier alpha value is -1.67. The zero-order valence-corrected chi connectivity index (χ0v) is 18.1. The van der Waals surface area contributed by atoms with Gasteiger partial charge >= 0.3 is 0 Å². The minimum Gasteiger partial charge on any atom is -0.491 e. The second-order valence-corrected chi connectivity index (χ2v) is 8.65. The van der Waals surface area contributed by atoms with Gasteiger partial charge in [-0.3, -0.25) is 0 Å². The molecule has 4 unspecified atom stereocenters. The van der Waals surface area contributed by atoms with Crippen LogP contribution in [0.3, 0.4) is 0 Å². The minimum absolute atomic E-state index is 0.204. The minimum atomic E-state index is -1.06. The molecule has 1 saturated carbocycles. The molecule has 6 nitrogen and oxygen atoms in total. The number of ether oxygens (including phenoxy) is 3. The predicted octanol–water partition coefficient (Wildman–Crippen LogP) is 3.03. The van der Waals surface area contributed by atoms with Gasteiger partial charge in [-0.1, -0.05) is 35.9 Å². The molecule has 0 bridgehead atoms. The molecule has 3 N–H and O–H groups in total. The van der Waals surface area contributed by atoms with Gasteiger partial charge in [0.15, 0.2) is 0 Å². The van der Waals surface area contributed by atoms with Crippen molar-refractivity contribution >= 4 is 11.6 Å². The summed E-state index contributed by atoms with van der Waals surface area (Å²) in [4.78, 5) is 0. The Morgan fingerprint density at radius 1 is 1.03 bits per heavy atom. The van der Waals surface area contributed by atoms with Crippen molar-refractivity contribution in [3.05, 3.63) is 64.2 Å². The summed E-state index contributed by atoms with van der Waals surface area (Å²) < 4.78 is 17.1. The second kappa shape index (κ2) is 10.3. The quantitative estimate of drug-likeness (QED) is 0.511. The first-order chi connectivity index (χ1) is 15.0. The van der Waals surface area contributed by atoms with Crippen molar-refractivity contribution in [1.29, 1.82) is 0 Å². The Labute approximate surface area is 187 Å². The number of rotatable bonds is 9. The molecule has 4 rings (SSSR count). The van der Waals surface area contributed by atoms with E-state index in [1.54, 1.807) is 12.1 Å². The number of hydrogen-bond acceptors (Lipinski definition) is 6. The van der Waals surface area contributed by atoms with Crippen LogP contribution in [0.4, 0.5) is 0 Å². The van der Waals surface area contributed by atoms with Gasteiger partial charge in [-0.2, -0.15) is 0 Å². The zero-order chi connectivity index (χ0) is 21.8. The summed E-state index contributed by atoms with van der Waals surface area (Å²) in [6.07, 6.45) is 0.330. The van der Waals surface area contributed by atoms with Gasteiger partial charge < -0.3 is 29.5 Å². The first-order valence-electron chi connectivity index (χ1n) is 10.8. The van der Waals surface area contributed by atoms with E-state index in [-0.39, 0.29) is 13.0 Å². The maximum atomic E-state index is 10.4. The summed E-state index contributed by atoms with van der Waals surface area (Å²) in [5.41, 5.74) is 2.68. The van der Waals surface area contributed by atoms with Crippen LogP contribution >= 0.6 is 11.6 Å². The van der Waals surface area contributed by atoms with E-state index in [1.165, 1.54) is 0 Å². The van der Waals surface area contributed by atoms with Crippen molar-refractivity contribution in [2.24, 2.45) is 0 Å². The summed E-state index contributed by atoms with van der Waals surface area (Å²) >= 11 is 6.42. The van der Waals surface area contributed by atoms with E-state index in [0.717, 1.165) is 35.3 Å². The normalized spacial score (nSPS) is 26.1. The third-order valence-corrected chi connectivity index (χ3v) is 6.07. The SMILES string of the molecule is OCC1CC(O)C(O)C(c2ccc(Cl)c(Cc3ccc(OCCOC4CC4)cc3)c2)O1. The number of benzene rings is 2. The van der Waals surface area contributed by atoms with Gasteiger partial charge in [0.1, 0.15) is 24.6 Å². The molecule has 1 aliphatic carbocycles. The average Bonchev–Trinajstić information content (AvgIpc) is 3.60. The Balaban J connectivity index is 1.40. The van der Waals surface area contributed by atoms with E-state index < -0.39 is 24.4 Å². The van der Waals surface area contributed by atoms with E-state index >= 15 is 0 Å². The molecule has 0 aromatic heterocycles. The summed E-state index contributed by atoms with van der Waals surface area (Å²) in [5.74, 6) is 0.797. The van der Waals surface area contributed by atoms with Gasteiger partial charge in [0.05, 0.1) is 31.5 Å². The van der Waals surface area contributed by atoms with Crippen LogP contribution in [-0.4, -0.2) is 59.6 Å². The third-order valence-electron chi connectivity index (χ3n) is 5.70. The van der Waals surface area contributed by atoms with Crippen LogP contribution in [-0.2, 0) is 15.9 Å². The lowest BCUT2D eigenvalue weighted by Crippen LogP contribution is -2.44. The molecule has 168 valence electrons. The van der Waals surface area contributed by atoms with Crippen molar-refractivity contribution in [1.82, 2.24) is 0 Å². The lowest BCUT2D eigenvalue weighted by Gasteiger charge is -2.37. The maximum Gasteiger partial charge on any atom is 0.119 e. The molecular formula is C24H29ClO6. The molecule has 0 amide bonds. The summed E-state index contributed by atoms with van der Waals surface area (Å²) in [6, 6.07) is 13.3. The molecule has 7 heteroatoms. The highest BCUT2D eigenvalue weighted by Crippen LogP contribution is 2.34. The van der Waals surface area contributed by atoms with Gasteiger partial charge in [0.25, 0.3) is 0 Å². The van der Waals surface area contributed by atoms with Gasteiger partial charge in [-0.25, -0.2) is 0 Å². The number of hydrogen-bond donors (Lipinski definition) is 3. The topological polar surface area (TPSA) is 88.4 Å². The van der Waals surface area contributed by atoms with Crippen molar-refractivity contribution in [2.75, 3.05) is 19.8 Å². The molecule has 2 aromatic carbocycles. The molecule has 1 aliphatic heterocycles. The zero-order valence-electron chi connectivity index (χ0n) is 17.3. The molecular weight excluding hydrogens is 420 g/mol. The van der Waals surface area contributed by atoms with E-state index in [9.17, 15) is 15.3 Å². The Morgan fingerprint density at radius 2 is 1.81 bits per heavy atom. The maximum absolute atomic E-state index is 10.4. The van der Waals surface area contributed by atoms with Gasteiger partial charge in [0.2, 0.25) is 0 Å². The van der Waals surface area contributed by atoms with Crippen molar-refractivity contribution in [2.45, 2.75) is 56.2 Å². The van der Waals surface area contributed by atoms with Crippen molar-refractivity contribution in [3.63, 3.8) is 0 Å². The van der Waals surface area contributed by atoms with Crippen LogP contribution in [0.25, 0.3) is 0 Å². The summed E-state index contributed by atoms with van der Waals surface area (Å²) in [6.45, 7) is 0.936. The van der Waals surface area contributed by atoms with Crippen LogP contribution in [0.15, 0.2) is 42.5 Å². The fourth-order valence-electron chi connectivity index (χ4n) is 3.79. The first kappa shape index (κ1) is 22.5. The van der Waals surface area contributed by atoms with Gasteiger partial charge in [0, 0.05) is 11.4 Å². The fraction of sp³-hybridized carbons (Fsp3) is 0.500. The number of aliphatic hydroxyl groups is 3. The standard InChI is InChI=1S/C24H29ClO6/c25-21-8-3-16(24-23(28)22(27)13-20(14-26)31-24)12-17(21)11-15-1-4-18(5-2-15)29-9-10-30-19-6-7-19/h1-5,8,12,19-20,22-24,26-28H,6-7,9-11,13-14H2. The molecule has 2 fully saturated rings. The highest BCUT2D eigenvalue weighted by molar-refractivity contribution is 6.31. The molecule has 1 heterocycles. The molecule has 0 radical (unpaired) electrons. The molecule has 1 saturated heterocycles. The van der Waals surface area contributed by atoms with Crippen LogP contribution in [0, 0.1) is 0 Å². The third kappa shape index (κ3) is 5.98. The van der Waals surface area contributed by atoms with Crippen LogP contribution in [0.5, 0.6) is 5.75 Å². The lowest BCUT2D eigenvalue weighted by molar-refractivity contribution is -0.179. The molecule has 2 aliphatic rings. The van der Waals surface area contributed by atoms with Crippen LogP contribution in [0.1, 0.15) is 42.1 Å². The van der Waals surface area contributed by atoms with E-state index in [2.05, 4.69) is 0 Å². The smallest absolute Gasteiger partial charge is 0.119 e. The Morgan fingerprint density at radius 3 is 2.52 bits per heavy atom. The lowest BCUT2D eigenvalue weighted by atomic mass is 9.91. The van der Waals surface area contributed by atoms with Crippen molar-refractivity contribution < 1.29 is 29.5 Å². The molecule has 0 spiro atoms. The molecule has 31 heavy (non-hydrogen) atoms. The van der Waals surface area contributed by atoms with Crippen molar-refractivity contribution in [3.8, 4) is 5.75 Å². The van der Waals surface area contributed by atoms with E-state index in [1.807, 2.05) is 30.3 Å².